The summed E-state index contributed by atoms with van der Waals surface area (Å²) in [6, 6.07) is 3.80. The van der Waals surface area contributed by atoms with E-state index in [-0.39, 0.29) is 6.54 Å². The fourth-order valence-corrected chi connectivity index (χ4v) is 1.70. The predicted octanol–water partition coefficient (Wildman–Crippen LogP) is 2.37. The molecule has 0 saturated carbocycles. The molecule has 2 heterocycles. The molecule has 14 heavy (non-hydrogen) atoms. The molecule has 0 amide bonds. The molecule has 0 unspecified atom stereocenters. The van der Waals surface area contributed by atoms with Crippen LogP contribution in [0, 0.1) is 11.7 Å². The first-order valence-electron chi connectivity index (χ1n) is 4.34. The molecule has 0 aliphatic carbocycles. The Bertz CT molecular complexity index is 514. The van der Waals surface area contributed by atoms with Gasteiger partial charge in [-0.15, -0.1) is 0 Å². The molecule has 0 aliphatic rings. The molecule has 2 aromatic heterocycles. The Morgan fingerprint density at radius 3 is 3.07 bits per heavy atom. The van der Waals surface area contributed by atoms with Crippen LogP contribution in [-0.2, 0) is 6.54 Å². The van der Waals surface area contributed by atoms with Crippen molar-refractivity contribution < 1.29 is 4.39 Å². The Kier molecular flexibility index (Phi) is 2.33. The second-order valence-electron chi connectivity index (χ2n) is 3.09. The second kappa shape index (κ2) is 3.49. The van der Waals surface area contributed by atoms with Gasteiger partial charge in [0.2, 0.25) is 0 Å². The largest absolute Gasteiger partial charge is 0.329 e. The fourth-order valence-electron chi connectivity index (χ4n) is 1.42. The van der Waals surface area contributed by atoms with Crippen molar-refractivity contribution in [2.75, 3.05) is 6.67 Å². The van der Waals surface area contributed by atoms with Gasteiger partial charge in [-0.1, -0.05) is 0 Å². The highest BCUT2D eigenvalue weighted by Gasteiger charge is 2.04. The van der Waals surface area contributed by atoms with Gasteiger partial charge < -0.3 is 4.98 Å². The summed E-state index contributed by atoms with van der Waals surface area (Å²) < 4.78 is 14.5. The number of fused-ring (bicyclic) bond motifs is 1. The van der Waals surface area contributed by atoms with Gasteiger partial charge in [-0.2, -0.15) is 0 Å². The van der Waals surface area contributed by atoms with E-state index in [1.165, 1.54) is 0 Å². The molecule has 5 heteroatoms. The SMILES string of the molecule is Cc1ccc2[nH]c(=S)n(CCF)c2n1. The van der Waals surface area contributed by atoms with Crippen LogP contribution in [-0.4, -0.2) is 21.2 Å². The minimum absolute atomic E-state index is 0.259. The number of imidazole rings is 1. The quantitative estimate of drug-likeness (QED) is 0.774. The molecule has 0 saturated heterocycles. The lowest BCUT2D eigenvalue weighted by Gasteiger charge is -1.99. The van der Waals surface area contributed by atoms with Gasteiger partial charge in [0, 0.05) is 5.69 Å². The van der Waals surface area contributed by atoms with Crippen molar-refractivity contribution in [1.82, 2.24) is 14.5 Å². The maximum absolute atomic E-state index is 12.3. The lowest BCUT2D eigenvalue weighted by Crippen LogP contribution is -2.00. The number of rotatable bonds is 2. The van der Waals surface area contributed by atoms with E-state index >= 15 is 0 Å². The number of aromatic amines is 1. The van der Waals surface area contributed by atoms with Gasteiger partial charge >= 0.3 is 0 Å². The van der Waals surface area contributed by atoms with Gasteiger partial charge in [0.05, 0.1) is 12.1 Å². The van der Waals surface area contributed by atoms with E-state index in [0.717, 1.165) is 16.9 Å². The van der Waals surface area contributed by atoms with Crippen LogP contribution in [0.5, 0.6) is 0 Å². The molecule has 0 aromatic carbocycles. The Balaban J connectivity index is 2.73. The summed E-state index contributed by atoms with van der Waals surface area (Å²) in [5.41, 5.74) is 2.49. The van der Waals surface area contributed by atoms with E-state index in [1.807, 2.05) is 19.1 Å². The average molecular weight is 211 g/mol. The summed E-state index contributed by atoms with van der Waals surface area (Å²) in [6.07, 6.45) is 0. The van der Waals surface area contributed by atoms with Crippen LogP contribution >= 0.6 is 12.2 Å². The van der Waals surface area contributed by atoms with Crippen molar-refractivity contribution in [2.45, 2.75) is 13.5 Å². The van der Waals surface area contributed by atoms with Crippen molar-refractivity contribution >= 4 is 23.4 Å². The molecule has 0 spiro atoms. The summed E-state index contributed by atoms with van der Waals surface area (Å²) in [4.78, 5) is 7.30. The maximum atomic E-state index is 12.3. The molecule has 3 nitrogen and oxygen atoms in total. The third-order valence-corrected chi connectivity index (χ3v) is 2.39. The number of aryl methyl sites for hydroxylation is 2. The fraction of sp³-hybridized carbons (Fsp3) is 0.333. The van der Waals surface area contributed by atoms with Gasteiger partial charge in [0.1, 0.15) is 6.67 Å². The van der Waals surface area contributed by atoms with Crippen LogP contribution in [0.2, 0.25) is 0 Å². The molecule has 0 bridgehead atoms. The molecule has 0 atom stereocenters. The highest BCUT2D eigenvalue weighted by Crippen LogP contribution is 2.12. The number of hydrogen-bond acceptors (Lipinski definition) is 2. The maximum Gasteiger partial charge on any atom is 0.179 e. The standard InChI is InChI=1S/C9H10FN3S/c1-6-2-3-7-8(11-6)13(5-4-10)9(14)12-7/h2-3H,4-5H2,1H3,(H,12,14). The third kappa shape index (κ3) is 1.43. The van der Waals surface area contributed by atoms with E-state index in [4.69, 9.17) is 12.2 Å². The molecule has 74 valence electrons. The first-order valence-corrected chi connectivity index (χ1v) is 4.75. The zero-order valence-corrected chi connectivity index (χ0v) is 8.57. The monoisotopic (exact) mass is 211 g/mol. The summed E-state index contributed by atoms with van der Waals surface area (Å²) in [7, 11) is 0. The van der Waals surface area contributed by atoms with Crippen molar-refractivity contribution in [2.24, 2.45) is 0 Å². The van der Waals surface area contributed by atoms with E-state index in [2.05, 4.69) is 9.97 Å². The predicted molar refractivity (Wildman–Crippen MR) is 55.6 cm³/mol. The highest BCUT2D eigenvalue weighted by molar-refractivity contribution is 7.71. The van der Waals surface area contributed by atoms with E-state index in [0.29, 0.717) is 4.77 Å². The average Bonchev–Trinajstić information content (AvgIpc) is 2.45. The third-order valence-electron chi connectivity index (χ3n) is 2.06. The van der Waals surface area contributed by atoms with Crippen molar-refractivity contribution in [3.8, 4) is 0 Å². The molecule has 0 aliphatic heterocycles. The van der Waals surface area contributed by atoms with E-state index in [1.54, 1.807) is 4.57 Å². The number of nitrogens with zero attached hydrogens (tertiary/aromatic N) is 2. The lowest BCUT2D eigenvalue weighted by atomic mass is 10.3. The lowest BCUT2D eigenvalue weighted by molar-refractivity contribution is 0.447. The first-order chi connectivity index (χ1) is 6.72. The summed E-state index contributed by atoms with van der Waals surface area (Å²) >= 11 is 5.06. The Labute approximate surface area is 85.6 Å². The zero-order valence-electron chi connectivity index (χ0n) is 7.75. The number of nitrogens with one attached hydrogen (secondary N) is 1. The topological polar surface area (TPSA) is 33.6 Å². The molecule has 2 rings (SSSR count). The minimum atomic E-state index is -0.434. The molecule has 0 radical (unpaired) electrons. The molecule has 1 N–H and O–H groups in total. The van der Waals surface area contributed by atoms with Crippen LogP contribution < -0.4 is 0 Å². The Hall–Kier alpha value is -1.23. The number of alkyl halides is 1. The van der Waals surface area contributed by atoms with Gasteiger partial charge in [-0.25, -0.2) is 9.37 Å². The summed E-state index contributed by atoms with van der Waals surface area (Å²) in [5.74, 6) is 0. The number of pyridine rings is 1. The number of halogens is 1. The first kappa shape index (κ1) is 9.33. The molecule has 0 fully saturated rings. The number of hydrogen-bond donors (Lipinski definition) is 1. The summed E-state index contributed by atoms with van der Waals surface area (Å²) in [5, 5.41) is 0. The number of aromatic nitrogens is 3. The molecular formula is C9H10FN3S. The van der Waals surface area contributed by atoms with Gasteiger partial charge in [-0.3, -0.25) is 4.57 Å². The van der Waals surface area contributed by atoms with Crippen LogP contribution in [0.1, 0.15) is 5.69 Å². The Morgan fingerprint density at radius 1 is 1.57 bits per heavy atom. The van der Waals surface area contributed by atoms with Gasteiger partial charge in [0.25, 0.3) is 0 Å². The van der Waals surface area contributed by atoms with Crippen molar-refractivity contribution in [3.05, 3.63) is 22.6 Å². The smallest absolute Gasteiger partial charge is 0.179 e. The minimum Gasteiger partial charge on any atom is -0.329 e. The van der Waals surface area contributed by atoms with Crippen molar-refractivity contribution in [3.63, 3.8) is 0 Å². The van der Waals surface area contributed by atoms with Gasteiger partial charge in [-0.05, 0) is 31.3 Å². The Morgan fingerprint density at radius 2 is 2.36 bits per heavy atom. The van der Waals surface area contributed by atoms with Crippen LogP contribution in [0.4, 0.5) is 4.39 Å². The molecular weight excluding hydrogens is 201 g/mol. The highest BCUT2D eigenvalue weighted by atomic mass is 32.1. The van der Waals surface area contributed by atoms with Crippen LogP contribution in [0.25, 0.3) is 11.2 Å². The number of H-pyrrole nitrogens is 1. The van der Waals surface area contributed by atoms with Crippen molar-refractivity contribution in [1.29, 1.82) is 0 Å². The normalized spacial score (nSPS) is 11.0. The van der Waals surface area contributed by atoms with E-state index < -0.39 is 6.67 Å². The zero-order chi connectivity index (χ0) is 10.1. The summed E-state index contributed by atoms with van der Waals surface area (Å²) in [6.45, 7) is 1.72. The van der Waals surface area contributed by atoms with Crippen LogP contribution in [0.3, 0.4) is 0 Å². The van der Waals surface area contributed by atoms with E-state index in [9.17, 15) is 4.39 Å². The van der Waals surface area contributed by atoms with Gasteiger partial charge in [0.15, 0.2) is 10.4 Å². The second-order valence-corrected chi connectivity index (χ2v) is 3.48. The molecule has 2 aromatic rings. The van der Waals surface area contributed by atoms with Crippen LogP contribution in [0.15, 0.2) is 12.1 Å².